The first kappa shape index (κ1) is 15.9. The third-order valence-electron chi connectivity index (χ3n) is 3.28. The van der Waals surface area contributed by atoms with Crippen LogP contribution < -0.4 is 10.6 Å². The molecule has 0 amide bonds. The number of nitrogens with one attached hydrogen (secondary N) is 2. The Morgan fingerprint density at radius 3 is 2.59 bits per heavy atom. The predicted octanol–water partition coefficient (Wildman–Crippen LogP) is 4.02. The highest BCUT2D eigenvalue weighted by atomic mass is 16.1. The Morgan fingerprint density at radius 1 is 1.14 bits per heavy atom. The van der Waals surface area contributed by atoms with Crippen molar-refractivity contribution in [2.75, 3.05) is 17.2 Å². The molecule has 0 radical (unpaired) electrons. The van der Waals surface area contributed by atoms with Gasteiger partial charge in [0, 0.05) is 24.0 Å². The molecule has 1 aromatic carbocycles. The smallest absolute Gasteiger partial charge is 0.224 e. The van der Waals surface area contributed by atoms with Crippen LogP contribution in [0.1, 0.15) is 43.5 Å². The molecule has 0 atom stereocenters. The molecule has 116 valence electrons. The molecule has 0 saturated carbocycles. The lowest BCUT2D eigenvalue weighted by Crippen LogP contribution is -2.06. The summed E-state index contributed by atoms with van der Waals surface area (Å²) in [5, 5.41) is 6.43. The molecule has 0 aliphatic rings. The second-order valence-electron chi connectivity index (χ2n) is 5.16. The average molecular weight is 298 g/mol. The van der Waals surface area contributed by atoms with Crippen LogP contribution in [0.4, 0.5) is 17.5 Å². The van der Waals surface area contributed by atoms with E-state index in [1.165, 1.54) is 12.8 Å². The van der Waals surface area contributed by atoms with Gasteiger partial charge >= 0.3 is 0 Å². The van der Waals surface area contributed by atoms with Gasteiger partial charge in [0.05, 0.1) is 0 Å². The number of anilines is 3. The van der Waals surface area contributed by atoms with Crippen LogP contribution >= 0.6 is 0 Å². The molecule has 0 saturated heterocycles. The van der Waals surface area contributed by atoms with Crippen LogP contribution in [-0.2, 0) is 0 Å². The fraction of sp³-hybridized carbons (Fsp3) is 0.353. The van der Waals surface area contributed by atoms with Crippen LogP contribution in [0.2, 0.25) is 0 Å². The molecule has 5 nitrogen and oxygen atoms in total. The first-order chi connectivity index (χ1) is 10.7. The van der Waals surface area contributed by atoms with E-state index in [2.05, 4.69) is 27.5 Å². The molecule has 1 aromatic heterocycles. The quantitative estimate of drug-likeness (QED) is 0.569. The number of carbonyl (C=O) groups excluding carboxylic acids is 1. The van der Waals surface area contributed by atoms with Crippen molar-refractivity contribution in [3.63, 3.8) is 0 Å². The molecular formula is C17H22N4O. The minimum Gasteiger partial charge on any atom is -0.354 e. The molecular weight excluding hydrogens is 276 g/mol. The number of hydrogen-bond donors (Lipinski definition) is 2. The molecule has 0 unspecified atom stereocenters. The summed E-state index contributed by atoms with van der Waals surface area (Å²) in [5.74, 6) is 1.41. The zero-order chi connectivity index (χ0) is 15.8. The normalized spacial score (nSPS) is 10.3. The van der Waals surface area contributed by atoms with E-state index in [4.69, 9.17) is 0 Å². The van der Waals surface area contributed by atoms with Crippen molar-refractivity contribution in [1.82, 2.24) is 9.97 Å². The summed E-state index contributed by atoms with van der Waals surface area (Å²) >= 11 is 0. The topological polar surface area (TPSA) is 66.9 Å². The van der Waals surface area contributed by atoms with Gasteiger partial charge < -0.3 is 10.6 Å². The van der Waals surface area contributed by atoms with Crippen molar-refractivity contribution in [2.24, 2.45) is 0 Å². The van der Waals surface area contributed by atoms with Crippen molar-refractivity contribution >= 4 is 23.2 Å². The molecule has 2 rings (SSSR count). The van der Waals surface area contributed by atoms with E-state index < -0.39 is 0 Å². The van der Waals surface area contributed by atoms with Gasteiger partial charge in [0.2, 0.25) is 5.95 Å². The Morgan fingerprint density at radius 2 is 1.91 bits per heavy atom. The van der Waals surface area contributed by atoms with Gasteiger partial charge in [-0.15, -0.1) is 0 Å². The maximum Gasteiger partial charge on any atom is 0.224 e. The van der Waals surface area contributed by atoms with E-state index in [0.717, 1.165) is 24.5 Å². The van der Waals surface area contributed by atoms with Crippen molar-refractivity contribution in [1.29, 1.82) is 0 Å². The minimum atomic E-state index is 0.0622. The molecule has 2 N–H and O–H groups in total. The van der Waals surface area contributed by atoms with Crippen molar-refractivity contribution in [3.8, 4) is 0 Å². The van der Waals surface area contributed by atoms with Gasteiger partial charge in [-0.2, -0.15) is 4.98 Å². The van der Waals surface area contributed by atoms with E-state index >= 15 is 0 Å². The van der Waals surface area contributed by atoms with Crippen LogP contribution in [0.3, 0.4) is 0 Å². The van der Waals surface area contributed by atoms with Gasteiger partial charge in [0.25, 0.3) is 0 Å². The maximum atomic E-state index is 11.3. The number of unbranched alkanes of at least 4 members (excludes halogenated alkanes) is 2. The van der Waals surface area contributed by atoms with E-state index in [-0.39, 0.29) is 5.78 Å². The van der Waals surface area contributed by atoms with Gasteiger partial charge in [-0.3, -0.25) is 4.79 Å². The summed E-state index contributed by atoms with van der Waals surface area (Å²) in [4.78, 5) is 19.9. The highest BCUT2D eigenvalue weighted by molar-refractivity contribution is 5.94. The van der Waals surface area contributed by atoms with E-state index in [1.54, 1.807) is 25.3 Å². The van der Waals surface area contributed by atoms with Crippen molar-refractivity contribution < 1.29 is 4.79 Å². The zero-order valence-corrected chi connectivity index (χ0v) is 13.1. The summed E-state index contributed by atoms with van der Waals surface area (Å²) in [7, 11) is 0. The first-order valence-electron chi connectivity index (χ1n) is 7.64. The fourth-order valence-corrected chi connectivity index (χ4v) is 2.02. The number of ketones is 1. The summed E-state index contributed by atoms with van der Waals surface area (Å²) < 4.78 is 0. The molecule has 0 aliphatic heterocycles. The number of nitrogens with zero attached hydrogens (tertiary/aromatic N) is 2. The molecule has 0 aliphatic carbocycles. The predicted molar refractivity (Wildman–Crippen MR) is 89.8 cm³/mol. The lowest BCUT2D eigenvalue weighted by Gasteiger charge is -2.08. The van der Waals surface area contributed by atoms with Gasteiger partial charge in [-0.1, -0.05) is 19.8 Å². The van der Waals surface area contributed by atoms with E-state index in [1.807, 2.05) is 18.2 Å². The molecule has 2 aromatic rings. The number of carbonyl (C=O) groups is 1. The van der Waals surface area contributed by atoms with Gasteiger partial charge in [0.1, 0.15) is 5.82 Å². The minimum absolute atomic E-state index is 0.0622. The first-order valence-corrected chi connectivity index (χ1v) is 7.64. The third-order valence-corrected chi connectivity index (χ3v) is 3.28. The zero-order valence-electron chi connectivity index (χ0n) is 13.1. The Balaban J connectivity index is 1.96. The Kier molecular flexibility index (Phi) is 5.89. The van der Waals surface area contributed by atoms with Gasteiger partial charge in [0.15, 0.2) is 5.78 Å². The Labute approximate surface area is 131 Å². The summed E-state index contributed by atoms with van der Waals surface area (Å²) in [5.41, 5.74) is 1.59. The monoisotopic (exact) mass is 298 g/mol. The van der Waals surface area contributed by atoms with Crippen LogP contribution in [0, 0.1) is 0 Å². The molecule has 1 heterocycles. The number of aromatic nitrogens is 2. The third kappa shape index (κ3) is 4.84. The van der Waals surface area contributed by atoms with E-state index in [0.29, 0.717) is 11.5 Å². The summed E-state index contributed by atoms with van der Waals surface area (Å²) in [6.45, 7) is 4.62. The van der Waals surface area contributed by atoms with Crippen molar-refractivity contribution in [3.05, 3.63) is 42.1 Å². The SMILES string of the molecule is CCCCCNc1nccc(Nc2ccc(C(C)=O)cc2)n1. The Bertz CT molecular complexity index is 610. The molecule has 22 heavy (non-hydrogen) atoms. The standard InChI is InChI=1S/C17H22N4O/c1-3-4-5-11-18-17-19-12-10-16(21-17)20-15-8-6-14(7-9-15)13(2)22/h6-10,12H,3-5,11H2,1-2H3,(H2,18,19,20,21). The summed E-state index contributed by atoms with van der Waals surface area (Å²) in [6, 6.07) is 9.15. The molecule has 5 heteroatoms. The van der Waals surface area contributed by atoms with Crippen LogP contribution in [-0.4, -0.2) is 22.3 Å². The maximum absolute atomic E-state index is 11.3. The fourth-order valence-electron chi connectivity index (χ4n) is 2.02. The molecule has 0 spiro atoms. The van der Waals surface area contributed by atoms with E-state index in [9.17, 15) is 4.79 Å². The van der Waals surface area contributed by atoms with Gasteiger partial charge in [-0.25, -0.2) is 4.98 Å². The number of hydrogen-bond acceptors (Lipinski definition) is 5. The van der Waals surface area contributed by atoms with Crippen LogP contribution in [0.5, 0.6) is 0 Å². The number of benzene rings is 1. The molecule has 0 bridgehead atoms. The van der Waals surface area contributed by atoms with Crippen LogP contribution in [0.15, 0.2) is 36.5 Å². The van der Waals surface area contributed by atoms with Gasteiger partial charge in [-0.05, 0) is 43.7 Å². The highest BCUT2D eigenvalue weighted by Gasteiger charge is 2.02. The lowest BCUT2D eigenvalue weighted by atomic mass is 10.1. The summed E-state index contributed by atoms with van der Waals surface area (Å²) in [6.07, 6.45) is 5.24. The highest BCUT2D eigenvalue weighted by Crippen LogP contribution is 2.16. The Hall–Kier alpha value is -2.43. The average Bonchev–Trinajstić information content (AvgIpc) is 2.52. The second kappa shape index (κ2) is 8.12. The number of rotatable bonds is 8. The number of Topliss-reactive ketones (excluding diaryl/α,β-unsaturated/α-hetero) is 1. The largest absolute Gasteiger partial charge is 0.354 e. The molecule has 0 fully saturated rings. The second-order valence-corrected chi connectivity index (χ2v) is 5.16. The lowest BCUT2D eigenvalue weighted by molar-refractivity contribution is 0.101. The van der Waals surface area contributed by atoms with Crippen molar-refractivity contribution in [2.45, 2.75) is 33.1 Å². The van der Waals surface area contributed by atoms with Crippen LogP contribution in [0.25, 0.3) is 0 Å².